The zero-order valence-corrected chi connectivity index (χ0v) is 46.5. The number of hydrogen-bond donors (Lipinski definition) is 6. The van der Waals surface area contributed by atoms with Gasteiger partial charge in [-0.3, -0.25) is 9.59 Å². The summed E-state index contributed by atoms with van der Waals surface area (Å²) in [5, 5.41) is 56.8. The molecule has 1 fully saturated rings. The van der Waals surface area contributed by atoms with E-state index in [9.17, 15) is 35.1 Å². The van der Waals surface area contributed by atoms with E-state index in [-0.39, 0.29) is 19.4 Å². The highest BCUT2D eigenvalue weighted by molar-refractivity contribution is 5.80. The lowest BCUT2D eigenvalue weighted by Crippen LogP contribution is -2.61. The van der Waals surface area contributed by atoms with Crippen molar-refractivity contribution in [1.29, 1.82) is 0 Å². The Balaban J connectivity index is 2.70. The van der Waals surface area contributed by atoms with E-state index in [1.807, 2.05) is 42.5 Å². The maximum absolute atomic E-state index is 13.4. The fourth-order valence-corrected chi connectivity index (χ4v) is 8.95. The van der Waals surface area contributed by atoms with Crippen molar-refractivity contribution in [3.63, 3.8) is 0 Å². The third kappa shape index (κ3) is 38.3. The summed E-state index contributed by atoms with van der Waals surface area (Å²) >= 11 is 0. The van der Waals surface area contributed by atoms with Crippen molar-refractivity contribution in [3.8, 4) is 0 Å². The summed E-state index contributed by atoms with van der Waals surface area (Å²) < 4.78 is 17.6. The van der Waals surface area contributed by atoms with Gasteiger partial charge in [0.15, 0.2) is 12.4 Å². The van der Waals surface area contributed by atoms with Crippen LogP contribution in [0.5, 0.6) is 0 Å². The number of aliphatic hydroxyl groups is 5. The Morgan fingerprint density at radius 2 is 1.00 bits per heavy atom. The summed E-state index contributed by atoms with van der Waals surface area (Å²) in [6, 6.07) is -1.03. The Bertz CT molecular complexity index is 1460. The summed E-state index contributed by atoms with van der Waals surface area (Å²) in [6.07, 6.45) is 52.3. The minimum absolute atomic E-state index is 0.0949. The van der Waals surface area contributed by atoms with Crippen molar-refractivity contribution in [3.05, 3.63) is 72.9 Å². The Morgan fingerprint density at radius 3 is 1.52 bits per heavy atom. The standard InChI is InChI=1S/C62H109NO10/c1-4-7-10-13-16-19-22-24-26-27-28-30-31-34-37-40-43-46-49-55(66)61(70)63-53(54(65)48-45-42-39-36-33-21-18-15-12-9-6-3)52-71-62-60(59(69)58(68)56(51-64)72-62)73-57(67)50-47-44-41-38-35-32-29-25-23-20-17-14-11-8-5-2/h8,11,14,17,20,23-26,29,45,48,53-56,58-60,62,64-66,68-69H,4-7,9-10,12-13,15-16,18-19,21-22,27-28,30-44,46-47,49-52H2,1-3H3,(H,63,70)/b11-8+,17-14+,23-20+,26-24+,29-25-,48-45+. The molecule has 8 unspecified atom stereocenters. The maximum atomic E-state index is 13.4. The zero-order valence-electron chi connectivity index (χ0n) is 46.5. The first kappa shape index (κ1) is 68.1. The van der Waals surface area contributed by atoms with Crippen LogP contribution in [0.1, 0.15) is 245 Å². The van der Waals surface area contributed by atoms with Gasteiger partial charge in [-0.25, -0.2) is 0 Å². The first-order valence-corrected chi connectivity index (χ1v) is 29.8. The molecule has 0 saturated carbocycles. The normalized spacial score (nSPS) is 19.9. The van der Waals surface area contributed by atoms with Gasteiger partial charge in [0.1, 0.15) is 24.4 Å². The van der Waals surface area contributed by atoms with Crippen molar-refractivity contribution in [2.75, 3.05) is 13.2 Å². The minimum Gasteiger partial charge on any atom is -0.454 e. The number of amides is 1. The van der Waals surface area contributed by atoms with Crippen molar-refractivity contribution in [2.45, 2.75) is 294 Å². The average molecular weight is 1030 g/mol. The first-order valence-electron chi connectivity index (χ1n) is 29.8. The number of hydrogen-bond acceptors (Lipinski definition) is 10. The predicted octanol–water partition coefficient (Wildman–Crippen LogP) is 13.6. The summed E-state index contributed by atoms with van der Waals surface area (Å²) in [4.78, 5) is 26.5. The maximum Gasteiger partial charge on any atom is 0.306 e. The van der Waals surface area contributed by atoms with Gasteiger partial charge in [0.2, 0.25) is 5.91 Å². The van der Waals surface area contributed by atoms with E-state index in [2.05, 4.69) is 50.4 Å². The molecule has 0 aromatic rings. The molecule has 0 aliphatic carbocycles. The minimum atomic E-state index is -1.63. The Labute approximate surface area is 445 Å². The quantitative estimate of drug-likeness (QED) is 0.0149. The number of carbonyl (C=O) groups excluding carboxylic acids is 2. The largest absolute Gasteiger partial charge is 0.454 e. The molecule has 73 heavy (non-hydrogen) atoms. The summed E-state index contributed by atoms with van der Waals surface area (Å²) in [7, 11) is 0. The van der Waals surface area contributed by atoms with Crippen LogP contribution in [0.3, 0.4) is 0 Å². The second kappa shape index (κ2) is 49.9. The highest BCUT2D eigenvalue weighted by atomic mass is 16.7. The van der Waals surface area contributed by atoms with Crippen LogP contribution in [-0.4, -0.2) is 99.6 Å². The van der Waals surface area contributed by atoms with Crippen molar-refractivity contribution < 1.29 is 49.3 Å². The molecule has 11 heteroatoms. The molecule has 11 nitrogen and oxygen atoms in total. The number of ether oxygens (including phenoxy) is 3. The van der Waals surface area contributed by atoms with Crippen LogP contribution in [0, 0.1) is 0 Å². The lowest BCUT2D eigenvalue weighted by molar-refractivity contribution is -0.305. The summed E-state index contributed by atoms with van der Waals surface area (Å²) in [5.41, 5.74) is 0. The van der Waals surface area contributed by atoms with Crippen LogP contribution in [0.4, 0.5) is 0 Å². The molecule has 422 valence electrons. The van der Waals surface area contributed by atoms with E-state index in [0.29, 0.717) is 12.8 Å². The fourth-order valence-electron chi connectivity index (χ4n) is 8.95. The van der Waals surface area contributed by atoms with Crippen molar-refractivity contribution >= 4 is 11.9 Å². The molecule has 1 amide bonds. The molecule has 0 bridgehead atoms. The van der Waals surface area contributed by atoms with Crippen LogP contribution in [0.25, 0.3) is 0 Å². The topological polar surface area (TPSA) is 175 Å². The number of carbonyl (C=O) groups is 2. The average Bonchev–Trinajstić information content (AvgIpc) is 3.39. The molecule has 1 aliphatic heterocycles. The third-order valence-corrected chi connectivity index (χ3v) is 13.7. The van der Waals surface area contributed by atoms with E-state index >= 15 is 0 Å². The number of allylic oxidation sites excluding steroid dienone is 11. The smallest absolute Gasteiger partial charge is 0.306 e. The zero-order chi connectivity index (χ0) is 53.3. The summed E-state index contributed by atoms with van der Waals surface area (Å²) in [6.45, 7) is 5.62. The Kier molecular flexibility index (Phi) is 46.6. The van der Waals surface area contributed by atoms with Gasteiger partial charge in [0, 0.05) is 6.42 Å². The summed E-state index contributed by atoms with van der Waals surface area (Å²) in [5.74, 6) is -1.22. The molecule has 1 aliphatic rings. The highest BCUT2D eigenvalue weighted by Crippen LogP contribution is 2.26. The van der Waals surface area contributed by atoms with E-state index in [1.54, 1.807) is 6.08 Å². The molecule has 0 radical (unpaired) electrons. The van der Waals surface area contributed by atoms with Crippen LogP contribution in [-0.2, 0) is 23.8 Å². The van der Waals surface area contributed by atoms with E-state index in [4.69, 9.17) is 14.2 Å². The molecule has 0 aromatic carbocycles. The van der Waals surface area contributed by atoms with E-state index < -0.39 is 67.4 Å². The van der Waals surface area contributed by atoms with Crippen LogP contribution in [0.15, 0.2) is 72.9 Å². The number of esters is 1. The molecule has 1 saturated heterocycles. The van der Waals surface area contributed by atoms with Gasteiger partial charge in [-0.05, 0) is 70.6 Å². The number of rotatable bonds is 49. The van der Waals surface area contributed by atoms with Crippen LogP contribution in [0.2, 0.25) is 0 Å². The van der Waals surface area contributed by atoms with Gasteiger partial charge in [0.25, 0.3) is 0 Å². The Hall–Kier alpha value is -2.90. The number of nitrogens with one attached hydrogen (secondary N) is 1. The van der Waals surface area contributed by atoms with Crippen LogP contribution >= 0.6 is 0 Å². The van der Waals surface area contributed by atoms with E-state index in [0.717, 1.165) is 83.5 Å². The van der Waals surface area contributed by atoms with Crippen LogP contribution < -0.4 is 5.32 Å². The lowest BCUT2D eigenvalue weighted by Gasteiger charge is -2.41. The fraction of sp³-hybridized carbons (Fsp3) is 0.774. The molecule has 1 rings (SSSR count). The third-order valence-electron chi connectivity index (χ3n) is 13.7. The van der Waals surface area contributed by atoms with Crippen molar-refractivity contribution in [1.82, 2.24) is 5.32 Å². The molecule has 1 heterocycles. The number of aliphatic hydroxyl groups excluding tert-OH is 5. The molecule has 8 atom stereocenters. The van der Waals surface area contributed by atoms with E-state index in [1.165, 1.54) is 116 Å². The second-order valence-electron chi connectivity index (χ2n) is 20.4. The van der Waals surface area contributed by atoms with Gasteiger partial charge >= 0.3 is 5.97 Å². The molecule has 6 N–H and O–H groups in total. The first-order chi connectivity index (χ1) is 35.7. The molecular weight excluding hydrogens is 919 g/mol. The second-order valence-corrected chi connectivity index (χ2v) is 20.4. The highest BCUT2D eigenvalue weighted by Gasteiger charge is 2.47. The Morgan fingerprint density at radius 1 is 0.548 bits per heavy atom. The predicted molar refractivity (Wildman–Crippen MR) is 301 cm³/mol. The van der Waals surface area contributed by atoms with Gasteiger partial charge in [-0.15, -0.1) is 0 Å². The number of unbranched alkanes of at least 4 members (excludes halogenated alkanes) is 28. The van der Waals surface area contributed by atoms with Gasteiger partial charge in [-0.2, -0.15) is 0 Å². The van der Waals surface area contributed by atoms with Gasteiger partial charge < -0.3 is 45.1 Å². The molecule has 0 aromatic heterocycles. The van der Waals surface area contributed by atoms with Gasteiger partial charge in [0.05, 0.1) is 25.4 Å². The van der Waals surface area contributed by atoms with Gasteiger partial charge in [-0.1, -0.05) is 241 Å². The molecular formula is C62H109NO10. The molecule has 0 spiro atoms. The SMILES string of the molecule is CC/C=C/C=C/C=C/C=C\CCCCCCCC(=O)OC1C(OCC(NC(=O)C(O)CCCCCCCCCC/C=C/CCCCCCCC)C(O)/C=C/CCCCCCCCCCC)OC(CO)C(O)C1O. The lowest BCUT2D eigenvalue weighted by atomic mass is 9.99. The monoisotopic (exact) mass is 1030 g/mol. The van der Waals surface area contributed by atoms with Crippen molar-refractivity contribution in [2.24, 2.45) is 0 Å².